The molecule has 5 aliphatic rings. The fraction of sp³-hybridized carbons (Fsp3) is 0.587. The topological polar surface area (TPSA) is 405 Å². The van der Waals surface area contributed by atoms with E-state index in [1.165, 1.54) is 19.2 Å². The Balaban J connectivity index is 0.000000403. The summed E-state index contributed by atoms with van der Waals surface area (Å²) in [6, 6.07) is 15.8. The molecule has 0 aliphatic carbocycles. The third-order valence-electron chi connectivity index (χ3n) is 18.2. The summed E-state index contributed by atoms with van der Waals surface area (Å²) in [5, 5.41) is 30.8. The molecular formula is C63H86N6Na4O20S4. The Morgan fingerprint density at radius 3 is 1.58 bits per heavy atom. The zero-order chi connectivity index (χ0) is 69.4. The predicted octanol–water partition coefficient (Wildman–Crippen LogP) is -6.53. The molecule has 0 saturated carbocycles. The van der Waals surface area contributed by atoms with E-state index in [4.69, 9.17) is 25.2 Å². The maximum absolute atomic E-state index is 11.9. The molecule has 9 rings (SSSR count). The van der Waals surface area contributed by atoms with Crippen molar-refractivity contribution < 1.29 is 209 Å². The Labute approximate surface area is 659 Å². The fourth-order valence-corrected chi connectivity index (χ4v) is 17.0. The Kier molecular flexibility index (Phi) is 32.0. The zero-order valence-corrected chi connectivity index (χ0v) is 69.7. The SMILES string of the molecule is CC1(C)CC(CS(=O)(=O)[O-])c2ccc(O)cc2N1CCCC(=O)[O-].CC1CC(C)(C)N(CCCS(=O)(=O)[O-])c2cc3c(cc21)N=c1cc2c(cc1O3)=[N+](CCCC(=O)O)C(C)(C)CC2CS(=O)(=O)[O-].COc1cc2c(cc1ON)C(C)CC(C)(C)N2CCCS(=O)(=O)[O-].[Na+].[Na+].[Na+].[Na+]. The number of carboxylic acid groups (broad SMARTS) is 2. The van der Waals surface area contributed by atoms with E-state index < -0.39 is 92.6 Å². The molecule has 26 nitrogen and oxygen atoms in total. The van der Waals surface area contributed by atoms with Crippen LogP contribution in [-0.2, 0) is 50.1 Å². The van der Waals surface area contributed by atoms with E-state index in [0.29, 0.717) is 108 Å². The average Bonchev–Trinajstić information content (AvgIpc) is 0.750. The number of carbonyl (C=O) groups excluding carboxylic acids is 1. The van der Waals surface area contributed by atoms with Crippen LogP contribution < -0.4 is 174 Å². The van der Waals surface area contributed by atoms with Gasteiger partial charge in [0.25, 0.3) is 0 Å². The van der Waals surface area contributed by atoms with Crippen molar-refractivity contribution in [2.24, 2.45) is 10.9 Å². The molecule has 4 atom stereocenters. The van der Waals surface area contributed by atoms with E-state index in [-0.39, 0.29) is 178 Å². The minimum atomic E-state index is -4.54. The van der Waals surface area contributed by atoms with Gasteiger partial charge < -0.3 is 67.3 Å². The standard InChI is InChI=1S/C31H41N3O9S2.C16H26N2O5S.C16H23NO6S.4Na/c1-19-16-30(2,3)34(10-7-11-44(37,38)39)25-14-27-23(12-21(19)25)32-24-13-22-20(18-45(40,41)42)17-31(4,5)33(9-6-8-29(35)36)26(22)15-28(24)43-27;1-11-10-16(2,3)18(6-5-7-24(19,20)21)13-9-14(22-4)15(23-17)8-12(11)13;1-16(2)9-11(10-24(21,22)23)13-6-5-12(18)8-14(13)17(16)7-3-4-15(19)20;;;;/h12-15,19-20H,6-11,16-18H2,1-5H3,(H2-,35,36,37,38,39,40,41,42);8-9,11H,5-7,10,17H2,1-4H3,(H,19,20,21);5-6,8,11,18H,3-4,7,9-10H2,1-2H3,(H,19,20)(H,21,22,23);;;;/q;;;4*+1/p-4. The third kappa shape index (κ3) is 23.6. The number of hydrogen-bond acceptors (Lipinski definition) is 24. The quantitative estimate of drug-likeness (QED) is 0.0251. The fourth-order valence-electron chi connectivity index (χ4n) is 14.4. The van der Waals surface area contributed by atoms with Crippen LogP contribution in [-0.4, -0.2) is 152 Å². The van der Waals surface area contributed by atoms with Crippen molar-refractivity contribution in [2.75, 3.05) is 71.0 Å². The number of anilines is 3. The number of nitrogens with zero attached hydrogens (tertiary/aromatic N) is 5. The summed E-state index contributed by atoms with van der Waals surface area (Å²) in [5.74, 6) is 2.76. The first kappa shape index (κ1) is 88.8. The van der Waals surface area contributed by atoms with E-state index in [9.17, 15) is 76.8 Å². The van der Waals surface area contributed by atoms with Crippen LogP contribution in [0.5, 0.6) is 28.7 Å². The number of aliphatic carboxylic acids is 2. The summed E-state index contributed by atoms with van der Waals surface area (Å²) in [7, 11) is -15.9. The Hall–Kier alpha value is -2.38. The average molecular weight is 1470 g/mol. The van der Waals surface area contributed by atoms with Gasteiger partial charge in [0.15, 0.2) is 28.5 Å². The number of carbonyl (C=O) groups is 2. The largest absolute Gasteiger partial charge is 1.00 e. The minimum absolute atomic E-state index is 0. The maximum Gasteiger partial charge on any atom is 1.00 e. The van der Waals surface area contributed by atoms with Crippen molar-refractivity contribution in [2.45, 2.75) is 179 Å². The summed E-state index contributed by atoms with van der Waals surface area (Å²) in [6.07, 6.45) is 3.61. The van der Waals surface area contributed by atoms with Crippen LogP contribution in [0, 0.1) is 0 Å². The second kappa shape index (κ2) is 34.9. The number of carboxylic acids is 2. The maximum atomic E-state index is 11.9. The number of hydrogen-bond donors (Lipinski definition) is 3. The summed E-state index contributed by atoms with van der Waals surface area (Å²) < 4.78 is 150. The second-order valence-corrected chi connectivity index (χ2v) is 33.4. The molecule has 4 N–H and O–H groups in total. The van der Waals surface area contributed by atoms with Crippen LogP contribution >= 0.6 is 0 Å². The van der Waals surface area contributed by atoms with Gasteiger partial charge in [-0.25, -0.2) is 43.2 Å². The molecule has 4 aromatic carbocycles. The first-order valence-corrected chi connectivity index (χ1v) is 37.1. The van der Waals surface area contributed by atoms with Crippen LogP contribution in [0.2, 0.25) is 0 Å². The molecule has 0 aromatic heterocycles. The van der Waals surface area contributed by atoms with Gasteiger partial charge in [0, 0.05) is 131 Å². The number of phenolic OH excluding ortho intramolecular Hbond substituents is 1. The van der Waals surface area contributed by atoms with Crippen molar-refractivity contribution >= 4 is 75.2 Å². The van der Waals surface area contributed by atoms with Crippen LogP contribution in [0.1, 0.15) is 179 Å². The van der Waals surface area contributed by atoms with Gasteiger partial charge in [0.2, 0.25) is 5.36 Å². The third-order valence-corrected chi connectivity index (χ3v) is 21.4. The summed E-state index contributed by atoms with van der Waals surface area (Å²) in [4.78, 5) is 37.9. The van der Waals surface area contributed by atoms with Gasteiger partial charge in [-0.1, -0.05) is 19.9 Å². The van der Waals surface area contributed by atoms with E-state index in [1.54, 1.807) is 18.2 Å². The molecule has 0 amide bonds. The molecule has 34 heteroatoms. The Morgan fingerprint density at radius 1 is 0.608 bits per heavy atom. The van der Waals surface area contributed by atoms with Gasteiger partial charge in [0.05, 0.1) is 60.1 Å². The number of rotatable bonds is 22. The molecule has 0 fully saturated rings. The van der Waals surface area contributed by atoms with Crippen LogP contribution in [0.15, 0.2) is 59.6 Å². The molecule has 4 unspecified atom stereocenters. The van der Waals surface area contributed by atoms with Gasteiger partial charge in [-0.15, -0.1) is 0 Å². The number of ether oxygens (including phenoxy) is 2. The van der Waals surface area contributed by atoms with Gasteiger partial charge in [-0.05, 0) is 153 Å². The molecule has 0 bridgehead atoms. The summed E-state index contributed by atoms with van der Waals surface area (Å²) in [5.41, 5.74) is 4.97. The smallest absolute Gasteiger partial charge is 0.748 e. The Bertz CT molecular complexity index is 4110. The van der Waals surface area contributed by atoms with Crippen LogP contribution in [0.4, 0.5) is 22.7 Å². The van der Waals surface area contributed by atoms with E-state index in [2.05, 4.69) is 55.9 Å². The molecular weight excluding hydrogens is 1380 g/mol. The van der Waals surface area contributed by atoms with Crippen LogP contribution in [0.3, 0.4) is 0 Å². The Morgan fingerprint density at radius 2 is 1.09 bits per heavy atom. The molecule has 5 aliphatic heterocycles. The van der Waals surface area contributed by atoms with Gasteiger partial charge in [-0.2, -0.15) is 5.90 Å². The van der Waals surface area contributed by atoms with Crippen molar-refractivity contribution in [3.8, 4) is 28.7 Å². The number of aromatic hydroxyl groups is 1. The first-order valence-electron chi connectivity index (χ1n) is 30.8. The van der Waals surface area contributed by atoms with Crippen molar-refractivity contribution in [1.82, 2.24) is 4.58 Å². The molecule has 0 radical (unpaired) electrons. The number of benzene rings is 4. The van der Waals surface area contributed by atoms with Crippen LogP contribution in [0.25, 0.3) is 0 Å². The molecule has 0 saturated heterocycles. The van der Waals surface area contributed by atoms with E-state index in [0.717, 1.165) is 35.3 Å². The van der Waals surface area contributed by atoms with Crippen molar-refractivity contribution in [3.05, 3.63) is 87.6 Å². The molecule has 0 spiro atoms. The normalized spacial score (nSPS) is 19.8. The second-order valence-electron chi connectivity index (χ2n) is 27.4. The van der Waals surface area contributed by atoms with Gasteiger partial charge in [-0.3, -0.25) is 4.79 Å². The number of fused-ring (bicyclic) bond motifs is 6. The van der Waals surface area contributed by atoms with Gasteiger partial charge >= 0.3 is 124 Å². The summed E-state index contributed by atoms with van der Waals surface area (Å²) >= 11 is 0. The van der Waals surface area contributed by atoms with Crippen molar-refractivity contribution in [3.63, 3.8) is 0 Å². The summed E-state index contributed by atoms with van der Waals surface area (Å²) in [6.45, 7) is 22.0. The molecule has 4 aromatic rings. The molecule has 5 heterocycles. The van der Waals surface area contributed by atoms with E-state index >= 15 is 0 Å². The molecule has 97 heavy (non-hydrogen) atoms. The monoisotopic (exact) mass is 1470 g/mol. The zero-order valence-electron chi connectivity index (χ0n) is 58.4. The predicted molar refractivity (Wildman–Crippen MR) is 343 cm³/mol. The number of phenols is 1. The van der Waals surface area contributed by atoms with Gasteiger partial charge in [0.1, 0.15) is 23.3 Å². The van der Waals surface area contributed by atoms with E-state index in [1.807, 2.05) is 56.9 Å². The number of nitrogens with two attached hydrogens (primary N) is 1. The molecule has 516 valence electrons. The first-order chi connectivity index (χ1) is 42.8. The minimum Gasteiger partial charge on any atom is -0.748 e. The number of methoxy groups -OCH3 is 1. The van der Waals surface area contributed by atoms with Crippen molar-refractivity contribution in [1.29, 1.82) is 0 Å².